The maximum absolute atomic E-state index is 11.5. The van der Waals surface area contributed by atoms with Crippen LogP contribution in [-0.4, -0.2) is 34.2 Å². The summed E-state index contributed by atoms with van der Waals surface area (Å²) in [7, 11) is 0. The molecule has 100 valence electrons. The molecule has 2 amide bonds. The number of nitrogens with zero attached hydrogens (tertiary/aromatic N) is 1. The van der Waals surface area contributed by atoms with Gasteiger partial charge >= 0.3 is 0 Å². The van der Waals surface area contributed by atoms with Gasteiger partial charge in [0, 0.05) is 12.3 Å². The number of hydroxylamine groups is 3. The highest BCUT2D eigenvalue weighted by molar-refractivity contribution is 5.80. The summed E-state index contributed by atoms with van der Waals surface area (Å²) >= 11 is 0. The van der Waals surface area contributed by atoms with Gasteiger partial charge < -0.3 is 0 Å². The van der Waals surface area contributed by atoms with Crippen molar-refractivity contribution in [3.8, 4) is 0 Å². The Bertz CT molecular complexity index is 294. The number of hydrogen-bond donors (Lipinski definition) is 2. The molecule has 0 aromatic carbocycles. The first-order valence-corrected chi connectivity index (χ1v) is 5.40. The number of carbonyl (C=O) groups excluding carboxylic acids is 2. The van der Waals surface area contributed by atoms with Crippen molar-refractivity contribution in [2.75, 3.05) is 6.61 Å². The van der Waals surface area contributed by atoms with E-state index in [4.69, 9.17) is 4.84 Å². The van der Waals surface area contributed by atoms with Crippen LogP contribution in [-0.2, 0) is 14.4 Å². The lowest BCUT2D eigenvalue weighted by Crippen LogP contribution is -2.49. The number of nitrogens with one attached hydrogen (secondary N) is 1. The van der Waals surface area contributed by atoms with Crippen LogP contribution < -0.4 is 5.48 Å². The molecule has 0 saturated carbocycles. The average Bonchev–Trinajstić information content (AvgIpc) is 2.14. The topological polar surface area (TPSA) is 78.9 Å². The highest BCUT2D eigenvalue weighted by atomic mass is 16.7. The molecule has 2 N–H and O–H groups in total. The average molecular weight is 246 g/mol. The standard InChI is InChI=1S/C11H22N2O4/c1-8(14)13(16)11(5,6)7-17-12-9(15)10(2,3)4/h16H,7H2,1-6H3,(H,12,15). The second-order valence-electron chi connectivity index (χ2n) is 5.61. The summed E-state index contributed by atoms with van der Waals surface area (Å²) in [5.41, 5.74) is 0.827. The van der Waals surface area contributed by atoms with Crippen molar-refractivity contribution in [1.29, 1.82) is 0 Å². The molecule has 17 heavy (non-hydrogen) atoms. The number of hydrogen-bond acceptors (Lipinski definition) is 4. The molecule has 6 heteroatoms. The molecule has 0 aliphatic heterocycles. The number of rotatable bonds is 4. The van der Waals surface area contributed by atoms with Crippen LogP contribution in [0.15, 0.2) is 0 Å². The molecule has 0 aliphatic rings. The summed E-state index contributed by atoms with van der Waals surface area (Å²) in [5.74, 6) is -0.749. The Balaban J connectivity index is 4.21. The minimum Gasteiger partial charge on any atom is -0.285 e. The first kappa shape index (κ1) is 15.9. The Hall–Kier alpha value is -1.14. The first-order valence-electron chi connectivity index (χ1n) is 5.40. The Labute approximate surface area is 102 Å². The smallest absolute Gasteiger partial charge is 0.248 e. The van der Waals surface area contributed by atoms with Crippen molar-refractivity contribution in [2.45, 2.75) is 47.1 Å². The third-order valence-electron chi connectivity index (χ3n) is 2.14. The van der Waals surface area contributed by atoms with Gasteiger partial charge in [0.2, 0.25) is 11.8 Å². The zero-order valence-corrected chi connectivity index (χ0v) is 11.3. The first-order chi connectivity index (χ1) is 7.48. The summed E-state index contributed by atoms with van der Waals surface area (Å²) in [6.45, 7) is 9.75. The third kappa shape index (κ3) is 5.14. The summed E-state index contributed by atoms with van der Waals surface area (Å²) < 4.78 is 0. The molecule has 0 atom stereocenters. The van der Waals surface area contributed by atoms with Crippen LogP contribution in [0.5, 0.6) is 0 Å². The fourth-order valence-electron chi connectivity index (χ4n) is 0.919. The van der Waals surface area contributed by atoms with E-state index in [2.05, 4.69) is 5.48 Å². The summed E-state index contributed by atoms with van der Waals surface area (Å²) in [5, 5.41) is 10.1. The minimum atomic E-state index is -0.906. The third-order valence-corrected chi connectivity index (χ3v) is 2.14. The second kappa shape index (κ2) is 5.46. The fraction of sp³-hybridized carbons (Fsp3) is 0.818. The maximum Gasteiger partial charge on any atom is 0.248 e. The second-order valence-corrected chi connectivity index (χ2v) is 5.61. The van der Waals surface area contributed by atoms with Gasteiger partial charge in [-0.05, 0) is 13.8 Å². The van der Waals surface area contributed by atoms with Gasteiger partial charge in [-0.25, -0.2) is 10.5 Å². The van der Waals surface area contributed by atoms with Crippen LogP contribution in [0, 0.1) is 5.41 Å². The van der Waals surface area contributed by atoms with Crippen LogP contribution in [0.25, 0.3) is 0 Å². The molecular formula is C11H22N2O4. The number of amides is 2. The van der Waals surface area contributed by atoms with E-state index in [1.165, 1.54) is 6.92 Å². The molecule has 0 bridgehead atoms. The van der Waals surface area contributed by atoms with Gasteiger partial charge in [0.15, 0.2) is 0 Å². The molecule has 0 radical (unpaired) electrons. The van der Waals surface area contributed by atoms with Crippen LogP contribution in [0.3, 0.4) is 0 Å². The molecule has 0 aliphatic carbocycles. The zero-order chi connectivity index (χ0) is 13.9. The van der Waals surface area contributed by atoms with Crippen LogP contribution in [0.4, 0.5) is 0 Å². The predicted molar refractivity (Wildman–Crippen MR) is 61.9 cm³/mol. The molecule has 0 fully saturated rings. The Kier molecular flexibility index (Phi) is 5.10. The van der Waals surface area contributed by atoms with Crippen molar-refractivity contribution in [1.82, 2.24) is 10.5 Å². The van der Waals surface area contributed by atoms with Crippen molar-refractivity contribution >= 4 is 11.8 Å². The molecule has 0 aromatic rings. The van der Waals surface area contributed by atoms with Gasteiger partial charge in [-0.15, -0.1) is 0 Å². The highest BCUT2D eigenvalue weighted by Gasteiger charge is 2.29. The van der Waals surface area contributed by atoms with Gasteiger partial charge in [-0.2, -0.15) is 0 Å². The fourth-order valence-corrected chi connectivity index (χ4v) is 0.919. The molecular weight excluding hydrogens is 224 g/mol. The van der Waals surface area contributed by atoms with Crippen LogP contribution >= 0.6 is 0 Å². The lowest BCUT2D eigenvalue weighted by atomic mass is 9.96. The van der Waals surface area contributed by atoms with Gasteiger partial charge in [0.05, 0.1) is 12.1 Å². The lowest BCUT2D eigenvalue weighted by molar-refractivity contribution is -0.199. The monoisotopic (exact) mass is 246 g/mol. The molecule has 0 aromatic heterocycles. The quantitative estimate of drug-likeness (QED) is 0.575. The van der Waals surface area contributed by atoms with E-state index < -0.39 is 16.9 Å². The van der Waals surface area contributed by atoms with E-state index in [-0.39, 0.29) is 12.5 Å². The van der Waals surface area contributed by atoms with Gasteiger partial charge in [-0.1, -0.05) is 20.8 Å². The SMILES string of the molecule is CC(=O)N(O)C(C)(C)CONC(=O)C(C)(C)C. The molecule has 0 heterocycles. The van der Waals surface area contributed by atoms with Gasteiger partial charge in [-0.3, -0.25) is 19.6 Å². The molecule has 6 nitrogen and oxygen atoms in total. The van der Waals surface area contributed by atoms with Crippen molar-refractivity contribution in [2.24, 2.45) is 5.41 Å². The summed E-state index contributed by atoms with van der Waals surface area (Å²) in [4.78, 5) is 27.5. The summed E-state index contributed by atoms with van der Waals surface area (Å²) in [6, 6.07) is 0. The molecule has 0 rings (SSSR count). The van der Waals surface area contributed by atoms with Gasteiger partial charge in [0.25, 0.3) is 0 Å². The van der Waals surface area contributed by atoms with E-state index in [0.717, 1.165) is 0 Å². The van der Waals surface area contributed by atoms with Crippen molar-refractivity contribution < 1.29 is 19.6 Å². The van der Waals surface area contributed by atoms with Crippen molar-refractivity contribution in [3.05, 3.63) is 0 Å². The summed E-state index contributed by atoms with van der Waals surface area (Å²) in [6.07, 6.45) is 0. The Morgan fingerprint density at radius 1 is 1.24 bits per heavy atom. The highest BCUT2D eigenvalue weighted by Crippen LogP contribution is 2.14. The van der Waals surface area contributed by atoms with Gasteiger partial charge in [0.1, 0.15) is 0 Å². The molecule has 0 saturated heterocycles. The zero-order valence-electron chi connectivity index (χ0n) is 11.3. The van der Waals surface area contributed by atoms with E-state index >= 15 is 0 Å². The van der Waals surface area contributed by atoms with Crippen LogP contribution in [0.2, 0.25) is 0 Å². The van der Waals surface area contributed by atoms with E-state index in [9.17, 15) is 14.8 Å². The lowest BCUT2D eigenvalue weighted by Gasteiger charge is -2.32. The van der Waals surface area contributed by atoms with Crippen LogP contribution in [0.1, 0.15) is 41.5 Å². The van der Waals surface area contributed by atoms with E-state index in [1.807, 2.05) is 0 Å². The van der Waals surface area contributed by atoms with E-state index in [0.29, 0.717) is 5.06 Å². The Morgan fingerprint density at radius 3 is 2.06 bits per heavy atom. The normalized spacial score (nSPS) is 12.2. The molecule has 0 unspecified atom stereocenters. The van der Waals surface area contributed by atoms with Crippen molar-refractivity contribution in [3.63, 3.8) is 0 Å². The largest absolute Gasteiger partial charge is 0.285 e. The molecule has 0 spiro atoms. The predicted octanol–water partition coefficient (Wildman–Crippen LogP) is 1.10. The number of carbonyl (C=O) groups is 2. The minimum absolute atomic E-state index is 0.00903. The Morgan fingerprint density at radius 2 is 1.71 bits per heavy atom. The maximum atomic E-state index is 11.5. The van der Waals surface area contributed by atoms with E-state index in [1.54, 1.807) is 34.6 Å².